The van der Waals surface area contributed by atoms with E-state index in [0.29, 0.717) is 12.4 Å². The highest BCUT2D eigenvalue weighted by molar-refractivity contribution is 8.00. The van der Waals surface area contributed by atoms with Crippen molar-refractivity contribution in [3.05, 3.63) is 57.6 Å². The Morgan fingerprint density at radius 1 is 1.30 bits per heavy atom. The van der Waals surface area contributed by atoms with Crippen molar-refractivity contribution in [2.75, 3.05) is 6.61 Å². The van der Waals surface area contributed by atoms with Gasteiger partial charge in [-0.25, -0.2) is 17.6 Å². The van der Waals surface area contributed by atoms with Crippen LogP contribution in [0.4, 0.5) is 4.39 Å². The summed E-state index contributed by atoms with van der Waals surface area (Å²) in [6.07, 6.45) is 3.71. The predicted molar refractivity (Wildman–Crippen MR) is 80.5 cm³/mol. The largest absolute Gasteiger partial charge is 0.507 e. The monoisotopic (exact) mass is 340 g/mol. The van der Waals surface area contributed by atoms with Crippen molar-refractivity contribution in [1.29, 1.82) is 0 Å². The van der Waals surface area contributed by atoms with Crippen molar-refractivity contribution >= 4 is 15.8 Å². The average molecular weight is 340 g/mol. The van der Waals surface area contributed by atoms with Crippen LogP contribution in [0.5, 0.6) is 11.5 Å². The van der Waals surface area contributed by atoms with Crippen LogP contribution in [0.1, 0.15) is 17.3 Å². The maximum atomic E-state index is 12.5. The lowest BCUT2D eigenvalue weighted by Crippen LogP contribution is -1.98. The second kappa shape index (κ2) is 6.25. The van der Waals surface area contributed by atoms with E-state index in [0.717, 1.165) is 6.08 Å². The van der Waals surface area contributed by atoms with Crippen LogP contribution >= 0.6 is 0 Å². The number of allylic oxidation sites excluding steroid dienone is 4. The first kappa shape index (κ1) is 16.8. The van der Waals surface area contributed by atoms with Gasteiger partial charge in [0.2, 0.25) is 9.84 Å². The minimum absolute atomic E-state index is 0.0694. The summed E-state index contributed by atoms with van der Waals surface area (Å²) in [7, 11) is -3.39. The van der Waals surface area contributed by atoms with E-state index in [1.54, 1.807) is 6.92 Å². The number of phenols is 1. The number of hydrogen-bond acceptors (Lipinski definition) is 5. The number of hydrogen-bond donors (Lipinski definition) is 2. The molecular formula is C15H13FO6S. The van der Waals surface area contributed by atoms with E-state index in [1.807, 2.05) is 0 Å². The molecule has 8 heteroatoms. The van der Waals surface area contributed by atoms with E-state index in [9.17, 15) is 17.6 Å². The zero-order valence-electron chi connectivity index (χ0n) is 12.0. The molecule has 1 aromatic rings. The zero-order chi connectivity index (χ0) is 17.2. The van der Waals surface area contributed by atoms with Crippen molar-refractivity contribution in [3.63, 3.8) is 0 Å². The van der Waals surface area contributed by atoms with Crippen molar-refractivity contribution in [2.24, 2.45) is 0 Å². The van der Waals surface area contributed by atoms with Crippen LogP contribution in [0.15, 0.2) is 52.1 Å². The van der Waals surface area contributed by atoms with E-state index in [-0.39, 0.29) is 21.1 Å². The minimum atomic E-state index is -3.39. The Labute approximate surface area is 131 Å². The number of carbonyl (C=O) groups is 1. The molecular weight excluding hydrogens is 327 g/mol. The van der Waals surface area contributed by atoms with E-state index in [4.69, 9.17) is 14.9 Å². The third kappa shape index (κ3) is 3.26. The molecule has 0 saturated carbocycles. The van der Waals surface area contributed by atoms with Gasteiger partial charge < -0.3 is 14.9 Å². The number of sulfone groups is 1. The van der Waals surface area contributed by atoms with E-state index in [1.165, 1.54) is 30.4 Å². The number of ether oxygens (including phenoxy) is 1. The van der Waals surface area contributed by atoms with Crippen LogP contribution in [-0.4, -0.2) is 31.2 Å². The van der Waals surface area contributed by atoms with Gasteiger partial charge in [0.1, 0.15) is 27.8 Å². The molecule has 0 spiro atoms. The summed E-state index contributed by atoms with van der Waals surface area (Å²) in [4.78, 5) is 10.4. The van der Waals surface area contributed by atoms with Crippen LogP contribution in [0.2, 0.25) is 0 Å². The smallest absolute Gasteiger partial charge is 0.339 e. The Morgan fingerprint density at radius 3 is 2.39 bits per heavy atom. The molecule has 23 heavy (non-hydrogen) atoms. The number of benzene rings is 1. The molecule has 0 atom stereocenters. The summed E-state index contributed by atoms with van der Waals surface area (Å²) in [5.41, 5.74) is -0.147. The number of halogens is 1. The maximum Gasteiger partial charge on any atom is 0.339 e. The first-order valence-electron chi connectivity index (χ1n) is 6.51. The fraction of sp³-hybridized carbons (Fsp3) is 0.133. The van der Waals surface area contributed by atoms with Crippen molar-refractivity contribution < 1.29 is 32.6 Å². The quantitative estimate of drug-likeness (QED) is 0.877. The summed E-state index contributed by atoms with van der Waals surface area (Å²) in [6, 6.07) is 4.11. The molecule has 2 heterocycles. The predicted octanol–water partition coefficient (Wildman–Crippen LogP) is 2.54. The molecule has 2 aliphatic heterocycles. The van der Waals surface area contributed by atoms with Gasteiger partial charge in [0.15, 0.2) is 0 Å². The summed E-state index contributed by atoms with van der Waals surface area (Å²) in [5.74, 6) is -1.62. The lowest BCUT2D eigenvalue weighted by Gasteiger charge is -2.04. The van der Waals surface area contributed by atoms with Crippen LogP contribution in [0, 0.1) is 0 Å². The molecule has 2 bridgehead atoms. The first-order valence-corrected chi connectivity index (χ1v) is 7.99. The Morgan fingerprint density at radius 2 is 2.00 bits per heavy atom. The fourth-order valence-corrected chi connectivity index (χ4v) is 3.26. The number of carboxylic acid groups (broad SMARTS) is 1. The maximum absolute atomic E-state index is 12.5. The summed E-state index contributed by atoms with van der Waals surface area (Å²) < 4.78 is 39.4. The summed E-state index contributed by atoms with van der Waals surface area (Å²) >= 11 is 0. The second-order valence-corrected chi connectivity index (χ2v) is 6.43. The highest BCUT2D eigenvalue weighted by atomic mass is 32.2. The highest BCUT2D eigenvalue weighted by Gasteiger charge is 2.34. The van der Waals surface area contributed by atoms with Gasteiger partial charge in [-0.3, -0.25) is 0 Å². The lowest BCUT2D eigenvalue weighted by molar-refractivity contribution is 0.0693. The van der Waals surface area contributed by atoms with Gasteiger partial charge >= 0.3 is 5.97 Å². The average Bonchev–Trinajstić information content (AvgIpc) is 2.88. The number of aromatic carboxylic acids is 1. The lowest BCUT2D eigenvalue weighted by atomic mass is 10.2. The van der Waals surface area contributed by atoms with Gasteiger partial charge in [-0.1, -0.05) is 0 Å². The standard InChI is InChI=1S/C9H10O4.C6H3FO2S/c1-2-13-6-3-4-8(10)7(5-6)9(11)12;7-5-3-4-1-2-6(5)10(4,8)9/h3-5,10H,2H2,1H3,(H,11,12);1-3H. The van der Waals surface area contributed by atoms with E-state index >= 15 is 0 Å². The Bertz CT molecular complexity index is 849. The van der Waals surface area contributed by atoms with Crippen molar-refractivity contribution in [3.8, 4) is 11.5 Å². The molecule has 0 amide bonds. The van der Waals surface area contributed by atoms with E-state index < -0.39 is 21.6 Å². The molecule has 0 aromatic heterocycles. The van der Waals surface area contributed by atoms with Gasteiger partial charge in [-0.2, -0.15) is 0 Å². The summed E-state index contributed by atoms with van der Waals surface area (Å²) in [6.45, 7) is 2.26. The van der Waals surface area contributed by atoms with Crippen LogP contribution in [0.3, 0.4) is 0 Å². The van der Waals surface area contributed by atoms with Gasteiger partial charge in [0.05, 0.1) is 11.5 Å². The molecule has 122 valence electrons. The first-order chi connectivity index (χ1) is 10.8. The second-order valence-electron chi connectivity index (χ2n) is 4.51. The molecule has 0 radical (unpaired) electrons. The molecule has 0 fully saturated rings. The molecule has 6 nitrogen and oxygen atoms in total. The van der Waals surface area contributed by atoms with Crippen LogP contribution < -0.4 is 4.74 Å². The van der Waals surface area contributed by atoms with Gasteiger partial charge in [0.25, 0.3) is 0 Å². The van der Waals surface area contributed by atoms with Crippen molar-refractivity contribution in [2.45, 2.75) is 6.92 Å². The van der Waals surface area contributed by atoms with Gasteiger partial charge in [-0.05, 0) is 43.4 Å². The Hall–Kier alpha value is -2.61. The number of fused-ring (bicyclic) bond motifs is 2. The fourth-order valence-electron chi connectivity index (χ4n) is 1.94. The number of rotatable bonds is 3. The highest BCUT2D eigenvalue weighted by Crippen LogP contribution is 2.37. The minimum Gasteiger partial charge on any atom is -0.507 e. The van der Waals surface area contributed by atoms with Crippen molar-refractivity contribution in [1.82, 2.24) is 0 Å². The molecule has 0 saturated heterocycles. The zero-order valence-corrected chi connectivity index (χ0v) is 12.8. The molecule has 0 unspecified atom stereocenters. The molecule has 1 aromatic carbocycles. The molecule has 3 rings (SSSR count). The molecule has 2 N–H and O–H groups in total. The normalized spacial score (nSPS) is 16.7. The number of aromatic hydroxyl groups is 1. The molecule has 0 aliphatic carbocycles. The van der Waals surface area contributed by atoms with E-state index in [2.05, 4.69) is 0 Å². The van der Waals surface area contributed by atoms with Gasteiger partial charge in [0, 0.05) is 0 Å². The third-order valence-electron chi connectivity index (χ3n) is 3.01. The number of carboxylic acids is 1. The third-order valence-corrected chi connectivity index (χ3v) is 4.80. The topological polar surface area (TPSA) is 101 Å². The Kier molecular flexibility index (Phi) is 4.55. The van der Waals surface area contributed by atoms with Crippen LogP contribution in [-0.2, 0) is 9.84 Å². The van der Waals surface area contributed by atoms with Gasteiger partial charge in [-0.15, -0.1) is 0 Å². The SMILES string of the molecule is CCOc1ccc(O)c(C(=O)O)c1.O=S1(=O)C2=CC(F)=C1C=C2. The molecule has 2 aliphatic rings. The van der Waals surface area contributed by atoms with Crippen LogP contribution in [0.25, 0.3) is 0 Å². The summed E-state index contributed by atoms with van der Waals surface area (Å²) in [5, 5.41) is 17.8. The Balaban J connectivity index is 0.000000172.